The topological polar surface area (TPSA) is 37.8 Å². The van der Waals surface area contributed by atoms with Crippen molar-refractivity contribution in [2.75, 3.05) is 11.9 Å². The second kappa shape index (κ2) is 4.46. The molecule has 3 aliphatic carbocycles. The average Bonchev–Trinajstić information content (AvgIpc) is 3.32. The Morgan fingerprint density at radius 3 is 2.74 bits per heavy atom. The van der Waals surface area contributed by atoms with Gasteiger partial charge in [0.2, 0.25) is 0 Å². The van der Waals surface area contributed by atoms with Crippen LogP contribution in [0.5, 0.6) is 0 Å². The molecule has 0 amide bonds. The molecule has 0 aromatic carbocycles. The Morgan fingerprint density at radius 1 is 1.11 bits per heavy atom. The number of nitrogens with zero attached hydrogens (tertiary/aromatic N) is 2. The van der Waals surface area contributed by atoms with Crippen LogP contribution >= 0.6 is 0 Å². The van der Waals surface area contributed by atoms with Gasteiger partial charge in [0.05, 0.1) is 0 Å². The molecule has 4 rings (SSSR count). The summed E-state index contributed by atoms with van der Waals surface area (Å²) in [6.07, 6.45) is 13.8. The van der Waals surface area contributed by atoms with E-state index >= 15 is 0 Å². The highest BCUT2D eigenvalue weighted by Gasteiger charge is 2.53. The molecule has 1 aromatic rings. The van der Waals surface area contributed by atoms with Gasteiger partial charge in [-0.05, 0) is 62.7 Å². The lowest BCUT2D eigenvalue weighted by Gasteiger charge is -2.18. The van der Waals surface area contributed by atoms with Gasteiger partial charge < -0.3 is 5.32 Å². The van der Waals surface area contributed by atoms with Crippen LogP contribution in [0.15, 0.2) is 6.33 Å². The first-order valence-electron chi connectivity index (χ1n) is 7.94. The van der Waals surface area contributed by atoms with Crippen molar-refractivity contribution >= 4 is 5.82 Å². The average molecular weight is 257 g/mol. The second-order valence-electron chi connectivity index (χ2n) is 6.70. The summed E-state index contributed by atoms with van der Waals surface area (Å²) in [5, 5.41) is 3.67. The molecule has 2 saturated carbocycles. The Balaban J connectivity index is 1.51. The molecule has 3 nitrogen and oxygen atoms in total. The Morgan fingerprint density at radius 2 is 1.95 bits per heavy atom. The van der Waals surface area contributed by atoms with Crippen LogP contribution in [0.2, 0.25) is 0 Å². The van der Waals surface area contributed by atoms with Gasteiger partial charge in [0.15, 0.2) is 0 Å². The minimum absolute atomic E-state index is 0.641. The SMILES string of the molecule is c1nc2c(c(NCC3(C4CC4)CC3)n1)CCCCC2. The molecule has 0 saturated heterocycles. The lowest BCUT2D eigenvalue weighted by Crippen LogP contribution is -2.19. The molecule has 3 aliphatic rings. The number of aromatic nitrogens is 2. The zero-order chi connectivity index (χ0) is 12.7. The Hall–Kier alpha value is -1.12. The molecular weight excluding hydrogens is 234 g/mol. The van der Waals surface area contributed by atoms with E-state index in [4.69, 9.17) is 0 Å². The number of aryl methyl sites for hydroxylation is 1. The van der Waals surface area contributed by atoms with Gasteiger partial charge in [-0.1, -0.05) is 6.42 Å². The molecule has 0 radical (unpaired) electrons. The Labute approximate surface area is 115 Å². The van der Waals surface area contributed by atoms with Gasteiger partial charge in [0, 0.05) is 17.8 Å². The molecule has 0 unspecified atom stereocenters. The van der Waals surface area contributed by atoms with Crippen molar-refractivity contribution in [3.8, 4) is 0 Å². The Kier molecular flexibility index (Phi) is 2.75. The zero-order valence-corrected chi connectivity index (χ0v) is 11.6. The van der Waals surface area contributed by atoms with Crippen LogP contribution in [-0.2, 0) is 12.8 Å². The van der Waals surface area contributed by atoms with Crippen LogP contribution in [0.25, 0.3) is 0 Å². The largest absolute Gasteiger partial charge is 0.369 e. The monoisotopic (exact) mass is 257 g/mol. The smallest absolute Gasteiger partial charge is 0.132 e. The highest BCUT2D eigenvalue weighted by Crippen LogP contribution is 2.61. The fourth-order valence-electron chi connectivity index (χ4n) is 3.70. The Bertz CT molecular complexity index is 475. The van der Waals surface area contributed by atoms with Gasteiger partial charge in [0.25, 0.3) is 0 Å². The van der Waals surface area contributed by atoms with Crippen molar-refractivity contribution in [3.63, 3.8) is 0 Å². The van der Waals surface area contributed by atoms with Gasteiger partial charge in [-0.15, -0.1) is 0 Å². The molecule has 3 heteroatoms. The summed E-state index contributed by atoms with van der Waals surface area (Å²) in [5.74, 6) is 2.15. The van der Waals surface area contributed by atoms with Crippen LogP contribution in [0.3, 0.4) is 0 Å². The number of anilines is 1. The first-order valence-corrected chi connectivity index (χ1v) is 7.94. The second-order valence-corrected chi connectivity index (χ2v) is 6.70. The van der Waals surface area contributed by atoms with Crippen molar-refractivity contribution in [1.29, 1.82) is 0 Å². The molecule has 1 N–H and O–H groups in total. The first-order chi connectivity index (χ1) is 9.37. The van der Waals surface area contributed by atoms with Crippen LogP contribution < -0.4 is 5.32 Å². The third-order valence-electron chi connectivity index (χ3n) is 5.32. The maximum atomic E-state index is 4.52. The van der Waals surface area contributed by atoms with Gasteiger partial charge in [-0.3, -0.25) is 0 Å². The summed E-state index contributed by atoms with van der Waals surface area (Å²) >= 11 is 0. The van der Waals surface area contributed by atoms with Gasteiger partial charge in [0.1, 0.15) is 12.1 Å². The van der Waals surface area contributed by atoms with E-state index in [2.05, 4.69) is 15.3 Å². The quantitative estimate of drug-likeness (QED) is 0.841. The molecule has 1 aromatic heterocycles. The van der Waals surface area contributed by atoms with Crippen molar-refractivity contribution in [3.05, 3.63) is 17.6 Å². The summed E-state index contributed by atoms with van der Waals surface area (Å²) in [5.41, 5.74) is 3.35. The fourth-order valence-corrected chi connectivity index (χ4v) is 3.70. The summed E-state index contributed by atoms with van der Waals surface area (Å²) in [6, 6.07) is 0. The van der Waals surface area contributed by atoms with E-state index < -0.39 is 0 Å². The number of hydrogen-bond acceptors (Lipinski definition) is 3. The molecule has 2 fully saturated rings. The van der Waals surface area contributed by atoms with Crippen molar-refractivity contribution in [2.45, 2.75) is 57.8 Å². The van der Waals surface area contributed by atoms with Crippen LogP contribution in [0.4, 0.5) is 5.82 Å². The van der Waals surface area contributed by atoms with Crippen molar-refractivity contribution in [2.24, 2.45) is 11.3 Å². The first kappa shape index (κ1) is 11.7. The molecule has 1 heterocycles. The van der Waals surface area contributed by atoms with E-state index in [0.29, 0.717) is 5.41 Å². The maximum Gasteiger partial charge on any atom is 0.132 e. The number of nitrogens with one attached hydrogen (secondary N) is 1. The molecule has 0 bridgehead atoms. The summed E-state index contributed by atoms with van der Waals surface area (Å²) in [6.45, 7) is 1.14. The van der Waals surface area contributed by atoms with Crippen molar-refractivity contribution in [1.82, 2.24) is 9.97 Å². The van der Waals surface area contributed by atoms with E-state index in [1.807, 2.05) is 0 Å². The van der Waals surface area contributed by atoms with E-state index in [1.165, 1.54) is 56.2 Å². The number of rotatable bonds is 4. The summed E-state index contributed by atoms with van der Waals surface area (Å²) in [7, 11) is 0. The highest BCUT2D eigenvalue weighted by atomic mass is 15.0. The van der Waals surface area contributed by atoms with Crippen molar-refractivity contribution < 1.29 is 0 Å². The summed E-state index contributed by atoms with van der Waals surface area (Å²) in [4.78, 5) is 9.02. The fraction of sp³-hybridized carbons (Fsp3) is 0.750. The van der Waals surface area contributed by atoms with Gasteiger partial charge in [-0.2, -0.15) is 0 Å². The van der Waals surface area contributed by atoms with Crippen LogP contribution in [0.1, 0.15) is 56.2 Å². The molecular formula is C16H23N3. The maximum absolute atomic E-state index is 4.52. The minimum atomic E-state index is 0.641. The highest BCUT2D eigenvalue weighted by molar-refractivity contribution is 5.47. The molecule has 102 valence electrons. The minimum Gasteiger partial charge on any atom is -0.369 e. The van der Waals surface area contributed by atoms with E-state index in [-0.39, 0.29) is 0 Å². The molecule has 0 spiro atoms. The van der Waals surface area contributed by atoms with E-state index in [9.17, 15) is 0 Å². The molecule has 19 heavy (non-hydrogen) atoms. The number of fused-ring (bicyclic) bond motifs is 1. The summed E-state index contributed by atoms with van der Waals surface area (Å²) < 4.78 is 0. The predicted molar refractivity (Wildman–Crippen MR) is 76.2 cm³/mol. The lowest BCUT2D eigenvalue weighted by molar-refractivity contribution is 0.466. The molecule has 0 aliphatic heterocycles. The molecule has 0 atom stereocenters. The zero-order valence-electron chi connectivity index (χ0n) is 11.6. The standard InChI is InChI=1S/C16H23N3/c1-2-4-13-14(5-3-1)18-11-19-15(13)17-10-16(8-9-16)12-6-7-12/h11-12H,1-10H2,(H,17,18,19). The third-order valence-corrected chi connectivity index (χ3v) is 5.32. The normalized spacial score (nSPS) is 24.4. The predicted octanol–water partition coefficient (Wildman–Crippen LogP) is 3.35. The van der Waals surface area contributed by atoms with Gasteiger partial charge in [-0.25, -0.2) is 9.97 Å². The third kappa shape index (κ3) is 2.24. The van der Waals surface area contributed by atoms with Crippen LogP contribution in [0, 0.1) is 11.3 Å². The lowest BCUT2D eigenvalue weighted by atomic mass is 10.0. The van der Waals surface area contributed by atoms with E-state index in [1.54, 1.807) is 6.33 Å². The van der Waals surface area contributed by atoms with Crippen LogP contribution in [-0.4, -0.2) is 16.5 Å². The van der Waals surface area contributed by atoms with E-state index in [0.717, 1.165) is 31.1 Å². The number of hydrogen-bond donors (Lipinski definition) is 1. The van der Waals surface area contributed by atoms with Gasteiger partial charge >= 0.3 is 0 Å².